The van der Waals surface area contributed by atoms with Gasteiger partial charge in [0.2, 0.25) is 5.91 Å². The van der Waals surface area contributed by atoms with E-state index >= 15 is 0 Å². The van der Waals surface area contributed by atoms with Gasteiger partial charge in [-0.05, 0) is 68.3 Å². The van der Waals surface area contributed by atoms with Gasteiger partial charge in [0, 0.05) is 24.5 Å². The molecule has 0 unspecified atom stereocenters. The zero-order valence-electron chi connectivity index (χ0n) is 18.2. The minimum absolute atomic E-state index is 0.0481. The van der Waals surface area contributed by atoms with Crippen molar-refractivity contribution in [3.05, 3.63) is 77.9 Å². The average Bonchev–Trinajstić information content (AvgIpc) is 3.18. The molecule has 0 saturated heterocycles. The van der Waals surface area contributed by atoms with Gasteiger partial charge in [0.15, 0.2) is 0 Å². The molecule has 31 heavy (non-hydrogen) atoms. The fourth-order valence-electron chi connectivity index (χ4n) is 3.68. The summed E-state index contributed by atoms with van der Waals surface area (Å²) in [7, 11) is 0. The molecule has 3 aromatic carbocycles. The minimum atomic E-state index is -0.0481. The van der Waals surface area contributed by atoms with Crippen molar-refractivity contribution < 1.29 is 4.79 Å². The summed E-state index contributed by atoms with van der Waals surface area (Å²) in [4.78, 5) is 16.4. The van der Waals surface area contributed by atoms with Crippen molar-refractivity contribution in [1.82, 2.24) is 15.0 Å². The average molecular weight is 414 g/mol. The molecule has 0 aliphatic rings. The first-order chi connectivity index (χ1) is 15.1. The predicted octanol–water partition coefficient (Wildman–Crippen LogP) is 4.76. The van der Waals surface area contributed by atoms with Gasteiger partial charge < -0.3 is 10.2 Å². The molecule has 1 N–H and O–H groups in total. The third kappa shape index (κ3) is 4.58. The summed E-state index contributed by atoms with van der Waals surface area (Å²) >= 11 is 0. The number of hydrogen-bond acceptors (Lipinski definition) is 4. The third-order valence-corrected chi connectivity index (χ3v) is 5.42. The summed E-state index contributed by atoms with van der Waals surface area (Å²) in [5.41, 5.74) is 6.33. The highest BCUT2D eigenvalue weighted by molar-refractivity contribution is 5.95. The zero-order valence-corrected chi connectivity index (χ0v) is 18.2. The van der Waals surface area contributed by atoms with Gasteiger partial charge in [-0.2, -0.15) is 4.80 Å². The number of amides is 1. The van der Waals surface area contributed by atoms with Crippen molar-refractivity contribution in [3.8, 4) is 5.69 Å². The molecule has 4 aromatic rings. The van der Waals surface area contributed by atoms with Crippen molar-refractivity contribution >= 4 is 28.3 Å². The van der Waals surface area contributed by atoms with E-state index < -0.39 is 0 Å². The molecule has 1 heterocycles. The van der Waals surface area contributed by atoms with E-state index in [4.69, 9.17) is 0 Å². The van der Waals surface area contributed by atoms with Crippen molar-refractivity contribution in [2.24, 2.45) is 0 Å². The topological polar surface area (TPSA) is 63.1 Å². The van der Waals surface area contributed by atoms with Crippen LogP contribution in [0.1, 0.15) is 25.0 Å². The molecular formula is C25H27N5O. The lowest BCUT2D eigenvalue weighted by Gasteiger charge is -2.20. The van der Waals surface area contributed by atoms with E-state index in [1.54, 1.807) is 4.80 Å². The number of carbonyl (C=O) groups excluding carboxylic acids is 1. The Morgan fingerprint density at radius 2 is 1.58 bits per heavy atom. The number of rotatable bonds is 7. The molecule has 6 nitrogen and oxygen atoms in total. The number of hydrogen-bond donors (Lipinski definition) is 1. The molecule has 6 heteroatoms. The van der Waals surface area contributed by atoms with Crippen LogP contribution in [0.4, 0.5) is 11.4 Å². The standard InChI is InChI=1S/C25H27N5O/c1-4-29(5-2)20-11-13-21(14-12-20)30-27-23-15-18(3)22(17-24(23)28-30)26-25(31)16-19-9-7-6-8-10-19/h6-15,17H,4-5,16H2,1-3H3,(H,26,31). The van der Waals surface area contributed by atoms with Crippen LogP contribution in [0, 0.1) is 6.92 Å². The summed E-state index contributed by atoms with van der Waals surface area (Å²) in [6.45, 7) is 8.21. The van der Waals surface area contributed by atoms with Gasteiger partial charge in [-0.15, -0.1) is 10.2 Å². The Morgan fingerprint density at radius 1 is 0.935 bits per heavy atom. The van der Waals surface area contributed by atoms with E-state index in [2.05, 4.69) is 46.4 Å². The fourth-order valence-corrected chi connectivity index (χ4v) is 3.68. The lowest BCUT2D eigenvalue weighted by molar-refractivity contribution is -0.115. The first-order valence-corrected chi connectivity index (χ1v) is 10.6. The Balaban J connectivity index is 1.55. The molecule has 0 saturated carbocycles. The molecule has 0 bridgehead atoms. The van der Waals surface area contributed by atoms with Crippen molar-refractivity contribution in [1.29, 1.82) is 0 Å². The Hall–Kier alpha value is -3.67. The van der Waals surface area contributed by atoms with E-state index in [1.807, 2.05) is 61.5 Å². The van der Waals surface area contributed by atoms with Crippen LogP contribution < -0.4 is 10.2 Å². The quantitative estimate of drug-likeness (QED) is 0.475. The monoisotopic (exact) mass is 413 g/mol. The first-order valence-electron chi connectivity index (χ1n) is 10.6. The van der Waals surface area contributed by atoms with Crippen LogP contribution in [0.25, 0.3) is 16.7 Å². The number of aryl methyl sites for hydroxylation is 1. The summed E-state index contributed by atoms with van der Waals surface area (Å²) < 4.78 is 0. The molecule has 4 rings (SSSR count). The second kappa shape index (κ2) is 9.00. The maximum atomic E-state index is 12.5. The number of carbonyl (C=O) groups is 1. The van der Waals surface area contributed by atoms with Gasteiger partial charge in [-0.3, -0.25) is 4.79 Å². The Bertz CT molecular complexity index is 1180. The molecule has 0 atom stereocenters. The lowest BCUT2D eigenvalue weighted by atomic mass is 10.1. The van der Waals surface area contributed by atoms with E-state index in [1.165, 1.54) is 5.69 Å². The molecule has 0 spiro atoms. The number of benzene rings is 3. The van der Waals surface area contributed by atoms with Crippen LogP contribution in [0.3, 0.4) is 0 Å². The van der Waals surface area contributed by atoms with E-state index in [-0.39, 0.29) is 5.91 Å². The van der Waals surface area contributed by atoms with Gasteiger partial charge >= 0.3 is 0 Å². The van der Waals surface area contributed by atoms with Crippen molar-refractivity contribution in [3.63, 3.8) is 0 Å². The highest BCUT2D eigenvalue weighted by Gasteiger charge is 2.11. The molecule has 158 valence electrons. The first kappa shape index (κ1) is 20.6. The lowest BCUT2D eigenvalue weighted by Crippen LogP contribution is -2.21. The highest BCUT2D eigenvalue weighted by Crippen LogP contribution is 2.23. The van der Waals surface area contributed by atoms with Crippen LogP contribution in [0.5, 0.6) is 0 Å². The van der Waals surface area contributed by atoms with Gasteiger partial charge in [0.1, 0.15) is 11.0 Å². The van der Waals surface area contributed by atoms with Gasteiger partial charge in [-0.25, -0.2) is 0 Å². The minimum Gasteiger partial charge on any atom is -0.372 e. The molecule has 1 amide bonds. The number of aromatic nitrogens is 3. The Labute approximate surface area is 182 Å². The molecule has 0 fully saturated rings. The van der Waals surface area contributed by atoms with Crippen LogP contribution in [-0.2, 0) is 11.2 Å². The van der Waals surface area contributed by atoms with E-state index in [9.17, 15) is 4.79 Å². The molecule has 0 aliphatic heterocycles. The van der Waals surface area contributed by atoms with Gasteiger partial charge in [0.25, 0.3) is 0 Å². The summed E-state index contributed by atoms with van der Waals surface area (Å²) in [5, 5.41) is 12.3. The summed E-state index contributed by atoms with van der Waals surface area (Å²) in [6, 6.07) is 21.8. The fraction of sp³-hybridized carbons (Fsp3) is 0.240. The smallest absolute Gasteiger partial charge is 0.228 e. The van der Waals surface area contributed by atoms with Crippen molar-refractivity contribution in [2.75, 3.05) is 23.3 Å². The third-order valence-electron chi connectivity index (χ3n) is 5.42. The highest BCUT2D eigenvalue weighted by atomic mass is 16.1. The van der Waals surface area contributed by atoms with E-state index in [0.717, 1.165) is 46.6 Å². The van der Waals surface area contributed by atoms with Gasteiger partial charge in [0.05, 0.1) is 12.1 Å². The molecular weight excluding hydrogens is 386 g/mol. The van der Waals surface area contributed by atoms with E-state index in [0.29, 0.717) is 6.42 Å². The molecule has 0 radical (unpaired) electrons. The zero-order chi connectivity index (χ0) is 21.8. The summed E-state index contributed by atoms with van der Waals surface area (Å²) in [6.07, 6.45) is 0.337. The van der Waals surface area contributed by atoms with Crippen LogP contribution in [0.2, 0.25) is 0 Å². The Morgan fingerprint density at radius 3 is 2.23 bits per heavy atom. The summed E-state index contributed by atoms with van der Waals surface area (Å²) in [5.74, 6) is -0.0481. The van der Waals surface area contributed by atoms with Gasteiger partial charge in [-0.1, -0.05) is 30.3 Å². The largest absolute Gasteiger partial charge is 0.372 e. The second-order valence-electron chi connectivity index (χ2n) is 7.54. The van der Waals surface area contributed by atoms with Crippen LogP contribution >= 0.6 is 0 Å². The Kier molecular flexibility index (Phi) is 5.98. The van der Waals surface area contributed by atoms with Crippen LogP contribution in [-0.4, -0.2) is 34.0 Å². The molecule has 1 aromatic heterocycles. The number of nitrogens with zero attached hydrogens (tertiary/aromatic N) is 4. The maximum absolute atomic E-state index is 12.5. The predicted molar refractivity (Wildman–Crippen MR) is 126 cm³/mol. The normalized spacial score (nSPS) is 10.9. The number of fused-ring (bicyclic) bond motifs is 1. The van der Waals surface area contributed by atoms with Crippen molar-refractivity contribution in [2.45, 2.75) is 27.2 Å². The number of nitrogens with one attached hydrogen (secondary N) is 1. The SMILES string of the molecule is CCN(CC)c1ccc(-n2nc3cc(C)c(NC(=O)Cc4ccccc4)cc3n2)cc1. The van der Waals surface area contributed by atoms with Crippen LogP contribution in [0.15, 0.2) is 66.7 Å². The molecule has 0 aliphatic carbocycles. The second-order valence-corrected chi connectivity index (χ2v) is 7.54. The maximum Gasteiger partial charge on any atom is 0.228 e. The number of anilines is 2.